The summed E-state index contributed by atoms with van der Waals surface area (Å²) in [5.41, 5.74) is -0.0417. The number of carbonyl (C=O) groups excluding carboxylic acids is 4. The number of likely N-dealkylation sites (tertiary alicyclic amines) is 1. The molecule has 10 heteroatoms. The minimum Gasteiger partial charge on any atom is -0.467 e. The number of esters is 2. The molecule has 1 heterocycles. The van der Waals surface area contributed by atoms with Crippen LogP contribution in [-0.4, -0.2) is 60.2 Å². The molecule has 1 fully saturated rings. The average molecular weight is 515 g/mol. The highest BCUT2D eigenvalue weighted by Gasteiger charge is 2.51. The third kappa shape index (κ3) is 6.84. The molecule has 0 saturated carbocycles. The normalized spacial score (nSPS) is 18.4. The van der Waals surface area contributed by atoms with Gasteiger partial charge in [-0.3, -0.25) is 14.5 Å². The van der Waals surface area contributed by atoms with E-state index in [0.29, 0.717) is 12.0 Å². The van der Waals surface area contributed by atoms with E-state index in [-0.39, 0.29) is 26.0 Å². The van der Waals surface area contributed by atoms with Crippen LogP contribution in [0.2, 0.25) is 0 Å². The van der Waals surface area contributed by atoms with Gasteiger partial charge in [0.25, 0.3) is 0 Å². The zero-order chi connectivity index (χ0) is 27.0. The minimum absolute atomic E-state index is 0.0126. The van der Waals surface area contributed by atoms with Gasteiger partial charge < -0.3 is 19.5 Å². The van der Waals surface area contributed by atoms with Gasteiger partial charge in [0.05, 0.1) is 7.11 Å². The summed E-state index contributed by atoms with van der Waals surface area (Å²) in [4.78, 5) is 52.4. The lowest BCUT2D eigenvalue weighted by molar-refractivity contribution is -0.157. The van der Waals surface area contributed by atoms with Gasteiger partial charge in [-0.2, -0.15) is 0 Å². The highest BCUT2D eigenvalue weighted by atomic mass is 19.1. The first kappa shape index (κ1) is 27.6. The van der Waals surface area contributed by atoms with Gasteiger partial charge in [-0.15, -0.1) is 0 Å². The molecule has 9 nitrogen and oxygen atoms in total. The summed E-state index contributed by atoms with van der Waals surface area (Å²) in [5.74, 6) is -2.52. The van der Waals surface area contributed by atoms with Crippen molar-refractivity contribution in [3.8, 4) is 0 Å². The SMILES string of the molecule is COC(=O)C(NC(=O)C1(Cc2ccc(F)cc2)CCCN1C(=O)OCc1ccccc1)C(C)OC(C)=O. The first-order valence-corrected chi connectivity index (χ1v) is 11.9. The molecule has 1 aliphatic heterocycles. The smallest absolute Gasteiger partial charge is 0.411 e. The van der Waals surface area contributed by atoms with E-state index in [4.69, 9.17) is 14.2 Å². The molecule has 0 bridgehead atoms. The molecule has 198 valence electrons. The quantitative estimate of drug-likeness (QED) is 0.404. The minimum atomic E-state index is -1.44. The van der Waals surface area contributed by atoms with E-state index >= 15 is 0 Å². The number of nitrogens with zero attached hydrogens (tertiary/aromatic N) is 1. The van der Waals surface area contributed by atoms with E-state index in [2.05, 4.69) is 5.32 Å². The molecule has 2 amide bonds. The molecule has 37 heavy (non-hydrogen) atoms. The molecule has 0 aliphatic carbocycles. The summed E-state index contributed by atoms with van der Waals surface area (Å²) in [6.07, 6.45) is -0.905. The maximum Gasteiger partial charge on any atom is 0.411 e. The van der Waals surface area contributed by atoms with Crippen LogP contribution < -0.4 is 5.32 Å². The number of ether oxygens (including phenoxy) is 3. The van der Waals surface area contributed by atoms with Crippen molar-refractivity contribution >= 4 is 23.9 Å². The van der Waals surface area contributed by atoms with Crippen molar-refractivity contribution in [3.05, 3.63) is 71.5 Å². The Labute approximate surface area is 214 Å². The summed E-state index contributed by atoms with van der Waals surface area (Å²) in [5, 5.41) is 2.63. The molecule has 1 N–H and O–H groups in total. The van der Waals surface area contributed by atoms with Gasteiger partial charge in [-0.1, -0.05) is 42.5 Å². The standard InChI is InChI=1S/C27H31FN2O7/c1-18(37-19(2)31)23(24(32)35-3)29-25(33)27(16-20-10-12-22(28)13-11-20)14-7-15-30(27)26(34)36-17-21-8-5-4-6-9-21/h4-6,8-13,18,23H,7,14-17H2,1-3H3,(H,29,33). The number of carbonyl (C=O) groups is 4. The van der Waals surface area contributed by atoms with Crippen molar-refractivity contribution in [1.82, 2.24) is 10.2 Å². The number of nitrogens with one attached hydrogen (secondary N) is 1. The Morgan fingerprint density at radius 1 is 1.05 bits per heavy atom. The van der Waals surface area contributed by atoms with Crippen molar-refractivity contribution in [2.45, 2.75) is 57.4 Å². The lowest BCUT2D eigenvalue weighted by Gasteiger charge is -2.38. The highest BCUT2D eigenvalue weighted by molar-refractivity contribution is 5.94. The molecule has 2 aromatic carbocycles. The second-order valence-corrected chi connectivity index (χ2v) is 8.92. The van der Waals surface area contributed by atoms with Crippen LogP contribution in [0.25, 0.3) is 0 Å². The first-order valence-electron chi connectivity index (χ1n) is 11.9. The second-order valence-electron chi connectivity index (χ2n) is 8.92. The number of methoxy groups -OCH3 is 1. The van der Waals surface area contributed by atoms with E-state index in [0.717, 1.165) is 12.7 Å². The molecular formula is C27H31FN2O7. The zero-order valence-electron chi connectivity index (χ0n) is 21.1. The highest BCUT2D eigenvalue weighted by Crippen LogP contribution is 2.34. The molecular weight excluding hydrogens is 483 g/mol. The van der Waals surface area contributed by atoms with Crippen molar-refractivity contribution < 1.29 is 37.8 Å². The number of halogens is 1. The van der Waals surface area contributed by atoms with E-state index in [1.165, 1.54) is 43.0 Å². The molecule has 1 saturated heterocycles. The Kier molecular flexibility index (Phi) is 9.21. The van der Waals surface area contributed by atoms with Crippen LogP contribution in [0.1, 0.15) is 37.8 Å². The van der Waals surface area contributed by atoms with Crippen LogP contribution in [0.4, 0.5) is 9.18 Å². The summed E-state index contributed by atoms with van der Waals surface area (Å²) in [6.45, 7) is 2.89. The van der Waals surface area contributed by atoms with E-state index in [1.807, 2.05) is 30.3 Å². The van der Waals surface area contributed by atoms with Crippen LogP contribution in [0.5, 0.6) is 0 Å². The summed E-state index contributed by atoms with van der Waals surface area (Å²) >= 11 is 0. The number of hydrogen-bond donors (Lipinski definition) is 1. The summed E-state index contributed by atoms with van der Waals surface area (Å²) in [7, 11) is 1.15. The summed E-state index contributed by atoms with van der Waals surface area (Å²) in [6, 6.07) is 13.4. The fourth-order valence-corrected chi connectivity index (χ4v) is 4.48. The van der Waals surface area contributed by atoms with Crippen LogP contribution in [0.3, 0.4) is 0 Å². The van der Waals surface area contributed by atoms with Crippen LogP contribution in [0.15, 0.2) is 54.6 Å². The third-order valence-electron chi connectivity index (χ3n) is 6.31. The molecule has 3 rings (SSSR count). The van der Waals surface area contributed by atoms with Crippen LogP contribution in [-0.2, 0) is 41.6 Å². The zero-order valence-corrected chi connectivity index (χ0v) is 21.1. The lowest BCUT2D eigenvalue weighted by Crippen LogP contribution is -2.62. The van der Waals surface area contributed by atoms with E-state index in [1.54, 1.807) is 0 Å². The largest absolute Gasteiger partial charge is 0.467 e. The Morgan fingerprint density at radius 2 is 1.73 bits per heavy atom. The van der Waals surface area contributed by atoms with Crippen molar-refractivity contribution in [2.75, 3.05) is 13.7 Å². The Hall–Kier alpha value is -3.95. The number of rotatable bonds is 9. The van der Waals surface area contributed by atoms with E-state index < -0.39 is 47.4 Å². The Bertz CT molecular complexity index is 1110. The predicted molar refractivity (Wildman–Crippen MR) is 131 cm³/mol. The van der Waals surface area contributed by atoms with Gasteiger partial charge in [0, 0.05) is 19.9 Å². The van der Waals surface area contributed by atoms with Gasteiger partial charge in [0.1, 0.15) is 24.1 Å². The fraction of sp³-hybridized carbons (Fsp3) is 0.407. The maximum absolute atomic E-state index is 13.9. The van der Waals surface area contributed by atoms with Crippen LogP contribution >= 0.6 is 0 Å². The summed E-state index contributed by atoms with van der Waals surface area (Å²) < 4.78 is 29.0. The van der Waals surface area contributed by atoms with Crippen molar-refractivity contribution in [2.24, 2.45) is 0 Å². The fourth-order valence-electron chi connectivity index (χ4n) is 4.48. The third-order valence-corrected chi connectivity index (χ3v) is 6.31. The van der Waals surface area contributed by atoms with Crippen LogP contribution in [0, 0.1) is 5.82 Å². The first-order chi connectivity index (χ1) is 17.7. The van der Waals surface area contributed by atoms with Gasteiger partial charge in [-0.25, -0.2) is 14.0 Å². The molecule has 2 aromatic rings. The Balaban J connectivity index is 1.91. The van der Waals surface area contributed by atoms with Gasteiger partial charge >= 0.3 is 18.0 Å². The van der Waals surface area contributed by atoms with Crippen molar-refractivity contribution in [3.63, 3.8) is 0 Å². The monoisotopic (exact) mass is 514 g/mol. The molecule has 3 unspecified atom stereocenters. The second kappa shape index (κ2) is 12.3. The lowest BCUT2D eigenvalue weighted by atomic mass is 9.86. The molecule has 0 radical (unpaired) electrons. The average Bonchev–Trinajstić information content (AvgIpc) is 3.31. The molecule has 3 atom stereocenters. The van der Waals surface area contributed by atoms with Crippen molar-refractivity contribution in [1.29, 1.82) is 0 Å². The van der Waals surface area contributed by atoms with Gasteiger partial charge in [-0.05, 0) is 43.0 Å². The Morgan fingerprint density at radius 3 is 2.35 bits per heavy atom. The number of benzene rings is 2. The molecule has 0 spiro atoms. The molecule has 1 aliphatic rings. The van der Waals surface area contributed by atoms with E-state index in [9.17, 15) is 23.6 Å². The number of amides is 2. The predicted octanol–water partition coefficient (Wildman–Crippen LogP) is 3.15. The van der Waals surface area contributed by atoms with Gasteiger partial charge in [0.15, 0.2) is 6.04 Å². The maximum atomic E-state index is 13.9. The topological polar surface area (TPSA) is 111 Å². The molecule has 0 aromatic heterocycles. The van der Waals surface area contributed by atoms with Gasteiger partial charge in [0.2, 0.25) is 5.91 Å². The number of hydrogen-bond acceptors (Lipinski definition) is 7.